The van der Waals surface area contributed by atoms with Gasteiger partial charge < -0.3 is 10.1 Å². The maximum absolute atomic E-state index is 13.1. The normalized spacial score (nSPS) is 21.9. The van der Waals surface area contributed by atoms with Gasteiger partial charge in [0.05, 0.1) is 23.9 Å². The van der Waals surface area contributed by atoms with Gasteiger partial charge in [-0.2, -0.15) is 8.61 Å². The molecule has 1 aromatic rings. The number of hydrogen-bond acceptors (Lipinski definition) is 6. The van der Waals surface area contributed by atoms with E-state index in [-0.39, 0.29) is 17.1 Å². The van der Waals surface area contributed by atoms with Crippen molar-refractivity contribution in [3.8, 4) is 5.75 Å². The summed E-state index contributed by atoms with van der Waals surface area (Å²) in [6, 6.07) is 3.54. The van der Waals surface area contributed by atoms with Crippen LogP contribution in [0.1, 0.15) is 44.9 Å². The van der Waals surface area contributed by atoms with Crippen LogP contribution in [-0.4, -0.2) is 70.4 Å². The van der Waals surface area contributed by atoms with Crippen LogP contribution in [0.3, 0.4) is 0 Å². The molecule has 1 amide bonds. The number of rotatable bonds is 6. The van der Waals surface area contributed by atoms with E-state index in [0.717, 1.165) is 38.4 Å². The first-order valence-corrected chi connectivity index (χ1v) is 13.9. The molecule has 2 heterocycles. The zero-order valence-corrected chi connectivity index (χ0v) is 19.7. The van der Waals surface area contributed by atoms with Crippen molar-refractivity contribution in [2.75, 3.05) is 38.3 Å². The van der Waals surface area contributed by atoms with Crippen LogP contribution >= 0.6 is 0 Å². The average Bonchev–Trinajstić information content (AvgIpc) is 3.03. The second kappa shape index (κ2) is 9.85. The molecule has 0 radical (unpaired) electrons. The Morgan fingerprint density at radius 3 is 2.26 bits per heavy atom. The van der Waals surface area contributed by atoms with E-state index in [1.54, 1.807) is 0 Å². The number of nitrogens with zero attached hydrogens (tertiary/aromatic N) is 2. The summed E-state index contributed by atoms with van der Waals surface area (Å²) < 4.78 is 58.5. The van der Waals surface area contributed by atoms with Gasteiger partial charge in [-0.05, 0) is 43.9 Å². The molecule has 3 rings (SSSR count). The lowest BCUT2D eigenvalue weighted by Gasteiger charge is -2.32. The lowest BCUT2D eigenvalue weighted by Crippen LogP contribution is -2.49. The van der Waals surface area contributed by atoms with Crippen molar-refractivity contribution in [1.29, 1.82) is 0 Å². The molecule has 9 nitrogen and oxygen atoms in total. The third-order valence-electron chi connectivity index (χ3n) is 5.81. The van der Waals surface area contributed by atoms with Gasteiger partial charge in [0.15, 0.2) is 0 Å². The van der Waals surface area contributed by atoms with Gasteiger partial charge in [0.2, 0.25) is 26.0 Å². The SMILES string of the molecule is COc1ccc(S(=O)(=O)N2CCCCCC2)cc1NC(=O)[C@H]1CCCCN1S(C)(=O)=O. The van der Waals surface area contributed by atoms with E-state index < -0.39 is 32.0 Å². The molecule has 2 aliphatic heterocycles. The van der Waals surface area contributed by atoms with Crippen LogP contribution in [0.15, 0.2) is 23.1 Å². The Bertz CT molecular complexity index is 1000. The van der Waals surface area contributed by atoms with E-state index in [0.29, 0.717) is 31.7 Å². The number of carbonyl (C=O) groups is 1. The van der Waals surface area contributed by atoms with Crippen LogP contribution in [0, 0.1) is 0 Å². The predicted molar refractivity (Wildman–Crippen MR) is 118 cm³/mol. The van der Waals surface area contributed by atoms with E-state index >= 15 is 0 Å². The van der Waals surface area contributed by atoms with Crippen LogP contribution in [0.2, 0.25) is 0 Å². The highest BCUT2D eigenvalue weighted by Crippen LogP contribution is 2.31. The van der Waals surface area contributed by atoms with Crippen LogP contribution in [0.25, 0.3) is 0 Å². The monoisotopic (exact) mass is 473 g/mol. The summed E-state index contributed by atoms with van der Waals surface area (Å²) in [5.74, 6) is -0.183. The summed E-state index contributed by atoms with van der Waals surface area (Å²) in [6.45, 7) is 1.24. The maximum Gasteiger partial charge on any atom is 0.243 e. The molecule has 1 aromatic carbocycles. The highest BCUT2D eigenvalue weighted by molar-refractivity contribution is 7.89. The Labute approximate surface area is 184 Å². The van der Waals surface area contributed by atoms with Gasteiger partial charge in [-0.15, -0.1) is 0 Å². The van der Waals surface area contributed by atoms with Crippen molar-refractivity contribution in [2.45, 2.75) is 55.9 Å². The Balaban J connectivity index is 1.87. The smallest absolute Gasteiger partial charge is 0.243 e. The molecule has 1 N–H and O–H groups in total. The predicted octanol–water partition coefficient (Wildman–Crippen LogP) is 2.01. The van der Waals surface area contributed by atoms with E-state index in [2.05, 4.69) is 5.32 Å². The summed E-state index contributed by atoms with van der Waals surface area (Å²) in [5, 5.41) is 2.71. The van der Waals surface area contributed by atoms with Crippen LogP contribution in [-0.2, 0) is 24.8 Å². The lowest BCUT2D eigenvalue weighted by atomic mass is 10.0. The Hall–Kier alpha value is -1.69. The first-order chi connectivity index (χ1) is 14.6. The quantitative estimate of drug-likeness (QED) is 0.676. The average molecular weight is 474 g/mol. The molecular weight excluding hydrogens is 442 g/mol. The molecule has 174 valence electrons. The molecular formula is C20H31N3O6S2. The molecule has 2 aliphatic rings. The number of benzene rings is 1. The standard InChI is InChI=1S/C20H31N3O6S2/c1-29-19-11-10-16(31(27,28)22-12-6-3-4-7-13-22)15-17(19)21-20(24)18-9-5-8-14-23(18)30(2,25)26/h10-11,15,18H,3-9,12-14H2,1-2H3,(H,21,24)/t18-/m1/s1. The van der Waals surface area contributed by atoms with Gasteiger partial charge in [-0.3, -0.25) is 4.79 Å². The topological polar surface area (TPSA) is 113 Å². The minimum Gasteiger partial charge on any atom is -0.495 e. The molecule has 2 fully saturated rings. The number of hydrogen-bond donors (Lipinski definition) is 1. The number of piperidine rings is 1. The van der Waals surface area contributed by atoms with Crippen molar-refractivity contribution in [3.63, 3.8) is 0 Å². The number of amides is 1. The van der Waals surface area contributed by atoms with E-state index in [9.17, 15) is 21.6 Å². The van der Waals surface area contributed by atoms with Gasteiger partial charge in [0.1, 0.15) is 11.8 Å². The molecule has 0 unspecified atom stereocenters. The highest BCUT2D eigenvalue weighted by Gasteiger charge is 2.35. The van der Waals surface area contributed by atoms with E-state index in [4.69, 9.17) is 4.74 Å². The molecule has 31 heavy (non-hydrogen) atoms. The molecule has 1 atom stereocenters. The zero-order valence-electron chi connectivity index (χ0n) is 18.0. The summed E-state index contributed by atoms with van der Waals surface area (Å²) in [7, 11) is -5.82. The van der Waals surface area contributed by atoms with Gasteiger partial charge in [-0.25, -0.2) is 16.8 Å². The van der Waals surface area contributed by atoms with Gasteiger partial charge in [-0.1, -0.05) is 19.3 Å². The van der Waals surface area contributed by atoms with Crippen molar-refractivity contribution in [2.24, 2.45) is 0 Å². The fraction of sp³-hybridized carbons (Fsp3) is 0.650. The first kappa shape index (κ1) is 24.0. The number of anilines is 1. The Morgan fingerprint density at radius 1 is 1.00 bits per heavy atom. The Kier molecular flexibility index (Phi) is 7.61. The minimum absolute atomic E-state index is 0.0779. The highest BCUT2D eigenvalue weighted by atomic mass is 32.2. The van der Waals surface area contributed by atoms with Gasteiger partial charge >= 0.3 is 0 Å². The third kappa shape index (κ3) is 5.57. The van der Waals surface area contributed by atoms with Crippen molar-refractivity contribution < 1.29 is 26.4 Å². The number of nitrogens with one attached hydrogen (secondary N) is 1. The van der Waals surface area contributed by atoms with E-state index in [1.807, 2.05) is 0 Å². The number of sulfonamides is 2. The summed E-state index contributed by atoms with van der Waals surface area (Å²) in [4.78, 5) is 13.0. The van der Waals surface area contributed by atoms with Crippen LogP contribution in [0.4, 0.5) is 5.69 Å². The van der Waals surface area contributed by atoms with Crippen molar-refractivity contribution >= 4 is 31.6 Å². The van der Waals surface area contributed by atoms with Crippen molar-refractivity contribution in [3.05, 3.63) is 18.2 Å². The summed E-state index contributed by atoms with van der Waals surface area (Å²) in [6.07, 6.45) is 6.60. The molecule has 0 saturated carbocycles. The molecule has 0 aromatic heterocycles. The second-order valence-corrected chi connectivity index (χ2v) is 11.9. The molecule has 0 bridgehead atoms. The summed E-state index contributed by atoms with van der Waals surface area (Å²) in [5.41, 5.74) is 0.211. The second-order valence-electron chi connectivity index (χ2n) is 8.05. The largest absolute Gasteiger partial charge is 0.495 e. The fourth-order valence-corrected chi connectivity index (χ4v) is 6.82. The first-order valence-electron chi connectivity index (χ1n) is 10.6. The fourth-order valence-electron chi connectivity index (χ4n) is 4.16. The molecule has 11 heteroatoms. The molecule has 0 aliphatic carbocycles. The number of methoxy groups -OCH3 is 1. The Morgan fingerprint density at radius 2 is 1.65 bits per heavy atom. The van der Waals surface area contributed by atoms with Crippen LogP contribution < -0.4 is 10.1 Å². The maximum atomic E-state index is 13.1. The van der Waals surface area contributed by atoms with Crippen molar-refractivity contribution in [1.82, 2.24) is 8.61 Å². The summed E-state index contributed by atoms with van der Waals surface area (Å²) >= 11 is 0. The van der Waals surface area contributed by atoms with Crippen LogP contribution in [0.5, 0.6) is 5.75 Å². The molecule has 2 saturated heterocycles. The third-order valence-corrected chi connectivity index (χ3v) is 9.00. The minimum atomic E-state index is -3.71. The number of ether oxygens (including phenoxy) is 1. The zero-order chi connectivity index (χ0) is 22.6. The van der Waals surface area contributed by atoms with Gasteiger partial charge in [0.25, 0.3) is 0 Å². The lowest BCUT2D eigenvalue weighted by molar-refractivity contribution is -0.120. The molecule has 0 spiro atoms. The van der Waals surface area contributed by atoms with Gasteiger partial charge in [0, 0.05) is 19.6 Å². The van der Waals surface area contributed by atoms with E-state index in [1.165, 1.54) is 33.9 Å². The number of carbonyl (C=O) groups excluding carboxylic acids is 1.